The highest BCUT2D eigenvalue weighted by Crippen LogP contribution is 2.38. The fourth-order valence-corrected chi connectivity index (χ4v) is 4.30. The van der Waals surface area contributed by atoms with E-state index in [9.17, 15) is 8.42 Å². The molecule has 3 nitrogen and oxygen atoms in total. The summed E-state index contributed by atoms with van der Waals surface area (Å²) in [5, 5.41) is 2.16. The summed E-state index contributed by atoms with van der Waals surface area (Å²) >= 11 is 0. The smallest absolute Gasteiger partial charge is 0.339 e. The number of hydrogen-bond acceptors (Lipinski definition) is 3. The summed E-state index contributed by atoms with van der Waals surface area (Å²) in [4.78, 5) is 0.141. The molecule has 0 radical (unpaired) electrons. The van der Waals surface area contributed by atoms with E-state index in [4.69, 9.17) is 4.18 Å². The van der Waals surface area contributed by atoms with E-state index in [0.29, 0.717) is 5.75 Å². The molecule has 0 aliphatic carbocycles. The summed E-state index contributed by atoms with van der Waals surface area (Å²) < 4.78 is 31.2. The molecule has 0 saturated carbocycles. The van der Waals surface area contributed by atoms with Crippen LogP contribution in [0, 0.1) is 13.8 Å². The van der Waals surface area contributed by atoms with E-state index >= 15 is 0 Å². The highest BCUT2D eigenvalue weighted by atomic mass is 32.2. The van der Waals surface area contributed by atoms with Gasteiger partial charge in [0.2, 0.25) is 0 Å². The molecule has 0 aromatic heterocycles. The highest BCUT2D eigenvalue weighted by Gasteiger charge is 2.20. The number of fused-ring (bicyclic) bond motifs is 1. The molecule has 0 heterocycles. The van der Waals surface area contributed by atoms with Crippen LogP contribution in [0.1, 0.15) is 11.1 Å². The monoisotopic (exact) mass is 388 g/mol. The van der Waals surface area contributed by atoms with Crippen molar-refractivity contribution in [2.45, 2.75) is 18.7 Å². The van der Waals surface area contributed by atoms with E-state index in [1.165, 1.54) is 0 Å². The topological polar surface area (TPSA) is 43.4 Å². The standard InChI is InChI=1S/C24H20O3S/c1-17-11-15-20(16-12-17)28(25,26)27-23-10-6-5-9-22(23)24-18(2)13-14-19-7-3-4-8-21(19)24/h3-16H,1-2H3. The van der Waals surface area contributed by atoms with Gasteiger partial charge in [0.1, 0.15) is 4.90 Å². The predicted octanol–water partition coefficient (Wildman–Crippen LogP) is 5.89. The molecule has 0 spiro atoms. The third-order valence-electron chi connectivity index (χ3n) is 4.80. The molecule has 0 fully saturated rings. The summed E-state index contributed by atoms with van der Waals surface area (Å²) in [7, 11) is -3.93. The number of rotatable bonds is 4. The Kier molecular flexibility index (Phi) is 4.65. The maximum absolute atomic E-state index is 12.8. The maximum Gasteiger partial charge on any atom is 0.339 e. The van der Waals surface area contributed by atoms with Crippen molar-refractivity contribution in [1.29, 1.82) is 0 Å². The van der Waals surface area contributed by atoms with Gasteiger partial charge in [-0.25, -0.2) is 0 Å². The van der Waals surface area contributed by atoms with Crippen molar-refractivity contribution in [3.8, 4) is 16.9 Å². The summed E-state index contributed by atoms with van der Waals surface area (Å²) in [6, 6.07) is 26.1. The molecule has 28 heavy (non-hydrogen) atoms. The quantitative estimate of drug-likeness (QED) is 0.409. The van der Waals surface area contributed by atoms with Gasteiger partial charge in [-0.1, -0.05) is 72.3 Å². The minimum atomic E-state index is -3.93. The molecular formula is C24H20O3S. The van der Waals surface area contributed by atoms with Crippen molar-refractivity contribution < 1.29 is 12.6 Å². The lowest BCUT2D eigenvalue weighted by Crippen LogP contribution is -2.10. The first kappa shape index (κ1) is 18.3. The van der Waals surface area contributed by atoms with Crippen LogP contribution in [0.15, 0.2) is 89.8 Å². The molecule has 0 aliphatic heterocycles. The zero-order valence-corrected chi connectivity index (χ0v) is 16.5. The van der Waals surface area contributed by atoms with E-state index in [2.05, 4.69) is 6.07 Å². The zero-order valence-electron chi connectivity index (χ0n) is 15.7. The fraction of sp³-hybridized carbons (Fsp3) is 0.0833. The molecule has 4 aromatic rings. The number of hydrogen-bond donors (Lipinski definition) is 0. The molecule has 4 aromatic carbocycles. The lowest BCUT2D eigenvalue weighted by molar-refractivity contribution is 0.487. The third kappa shape index (κ3) is 3.39. The minimum absolute atomic E-state index is 0.141. The Morgan fingerprint density at radius 2 is 1.39 bits per heavy atom. The van der Waals surface area contributed by atoms with Crippen molar-refractivity contribution in [2.75, 3.05) is 0 Å². The van der Waals surface area contributed by atoms with Crippen LogP contribution in [0.4, 0.5) is 0 Å². The van der Waals surface area contributed by atoms with Crippen LogP contribution in [0.2, 0.25) is 0 Å². The van der Waals surface area contributed by atoms with Gasteiger partial charge in [-0.15, -0.1) is 0 Å². The van der Waals surface area contributed by atoms with Crippen LogP contribution in [-0.4, -0.2) is 8.42 Å². The summed E-state index contributed by atoms with van der Waals surface area (Å²) in [6.45, 7) is 3.93. The van der Waals surface area contributed by atoms with Gasteiger partial charge in [0, 0.05) is 5.56 Å². The lowest BCUT2D eigenvalue weighted by atomic mass is 9.93. The Morgan fingerprint density at radius 3 is 2.18 bits per heavy atom. The molecule has 0 aliphatic rings. The summed E-state index contributed by atoms with van der Waals surface area (Å²) in [5.41, 5.74) is 3.79. The minimum Gasteiger partial charge on any atom is -0.378 e. The third-order valence-corrected chi connectivity index (χ3v) is 6.05. The molecule has 0 atom stereocenters. The second-order valence-corrected chi connectivity index (χ2v) is 8.37. The van der Waals surface area contributed by atoms with Crippen LogP contribution in [0.25, 0.3) is 21.9 Å². The van der Waals surface area contributed by atoms with Gasteiger partial charge in [-0.2, -0.15) is 8.42 Å². The fourth-order valence-electron chi connectivity index (χ4n) is 3.36. The molecule has 4 rings (SSSR count). The molecule has 0 amide bonds. The van der Waals surface area contributed by atoms with Crippen molar-refractivity contribution in [3.05, 3.63) is 96.1 Å². The van der Waals surface area contributed by atoms with E-state index in [1.54, 1.807) is 36.4 Å². The first-order valence-electron chi connectivity index (χ1n) is 9.04. The summed E-state index contributed by atoms with van der Waals surface area (Å²) in [5.74, 6) is 0.322. The first-order chi connectivity index (χ1) is 13.5. The molecule has 0 N–H and O–H groups in total. The van der Waals surface area contributed by atoms with Gasteiger partial charge >= 0.3 is 10.1 Å². The Hall–Kier alpha value is -3.11. The Bertz CT molecular complexity index is 1260. The van der Waals surface area contributed by atoms with Gasteiger partial charge in [-0.3, -0.25) is 0 Å². The number of benzene rings is 4. The average Bonchev–Trinajstić information content (AvgIpc) is 2.69. The van der Waals surface area contributed by atoms with Crippen LogP contribution in [-0.2, 0) is 10.1 Å². The predicted molar refractivity (Wildman–Crippen MR) is 113 cm³/mol. The second kappa shape index (κ2) is 7.13. The Morgan fingerprint density at radius 1 is 0.714 bits per heavy atom. The number of aryl methyl sites for hydroxylation is 2. The van der Waals surface area contributed by atoms with Crippen molar-refractivity contribution in [1.82, 2.24) is 0 Å². The van der Waals surface area contributed by atoms with Crippen LogP contribution < -0.4 is 4.18 Å². The molecule has 0 bridgehead atoms. The lowest BCUT2D eigenvalue weighted by Gasteiger charge is -2.15. The maximum atomic E-state index is 12.8. The van der Waals surface area contributed by atoms with Crippen molar-refractivity contribution in [2.24, 2.45) is 0 Å². The van der Waals surface area contributed by atoms with E-state index in [0.717, 1.165) is 33.0 Å². The zero-order chi connectivity index (χ0) is 19.7. The Balaban J connectivity index is 1.85. The highest BCUT2D eigenvalue weighted by molar-refractivity contribution is 7.87. The Labute approximate surface area is 165 Å². The van der Waals surface area contributed by atoms with Crippen LogP contribution in [0.5, 0.6) is 5.75 Å². The second-order valence-electron chi connectivity index (χ2n) is 6.83. The molecule has 0 saturated heterocycles. The van der Waals surface area contributed by atoms with E-state index < -0.39 is 10.1 Å². The van der Waals surface area contributed by atoms with Crippen molar-refractivity contribution in [3.63, 3.8) is 0 Å². The summed E-state index contributed by atoms with van der Waals surface area (Å²) in [6.07, 6.45) is 0. The normalized spacial score (nSPS) is 11.5. The van der Waals surface area contributed by atoms with Gasteiger partial charge in [-0.05, 0) is 53.9 Å². The van der Waals surface area contributed by atoms with Crippen LogP contribution >= 0.6 is 0 Å². The molecular weight excluding hydrogens is 368 g/mol. The molecule has 0 unspecified atom stereocenters. The van der Waals surface area contributed by atoms with Gasteiger partial charge in [0.05, 0.1) is 0 Å². The van der Waals surface area contributed by atoms with E-state index in [-0.39, 0.29) is 4.90 Å². The van der Waals surface area contributed by atoms with Gasteiger partial charge in [0.15, 0.2) is 5.75 Å². The average molecular weight is 388 g/mol. The van der Waals surface area contributed by atoms with Crippen molar-refractivity contribution >= 4 is 20.9 Å². The number of para-hydroxylation sites is 1. The first-order valence-corrected chi connectivity index (χ1v) is 10.5. The molecule has 4 heteroatoms. The van der Waals surface area contributed by atoms with Gasteiger partial charge < -0.3 is 4.18 Å². The molecule has 140 valence electrons. The largest absolute Gasteiger partial charge is 0.378 e. The van der Waals surface area contributed by atoms with Gasteiger partial charge in [0.25, 0.3) is 0 Å². The van der Waals surface area contributed by atoms with Crippen LogP contribution in [0.3, 0.4) is 0 Å². The SMILES string of the molecule is Cc1ccc(S(=O)(=O)Oc2ccccc2-c2c(C)ccc3ccccc23)cc1. The van der Waals surface area contributed by atoms with E-state index in [1.807, 2.05) is 56.3 Å².